The summed E-state index contributed by atoms with van der Waals surface area (Å²) >= 11 is 0. The predicted molar refractivity (Wildman–Crippen MR) is 55.7 cm³/mol. The Hall–Kier alpha value is -0.890. The number of hydrogen-bond donors (Lipinski definition) is 1. The Kier molecular flexibility index (Phi) is 2.82. The van der Waals surface area contributed by atoms with Gasteiger partial charge in [-0.15, -0.1) is 0 Å². The second-order valence-corrected chi connectivity index (χ2v) is 4.03. The molecule has 0 unspecified atom stereocenters. The van der Waals surface area contributed by atoms with Gasteiger partial charge in [-0.3, -0.25) is 0 Å². The molecule has 76 valence electrons. The largest absolute Gasteiger partial charge is 0.310 e. The zero-order valence-corrected chi connectivity index (χ0v) is 8.52. The van der Waals surface area contributed by atoms with Crippen LogP contribution in [0.15, 0.2) is 18.2 Å². The van der Waals surface area contributed by atoms with Crippen LogP contribution in [0.2, 0.25) is 0 Å². The Morgan fingerprint density at radius 1 is 1.36 bits per heavy atom. The maximum absolute atomic E-state index is 13.5. The second-order valence-electron chi connectivity index (χ2n) is 4.03. The van der Waals surface area contributed by atoms with Crippen molar-refractivity contribution in [1.29, 1.82) is 0 Å². The molecule has 0 amide bonds. The van der Waals surface area contributed by atoms with Gasteiger partial charge in [0.1, 0.15) is 5.82 Å². The summed E-state index contributed by atoms with van der Waals surface area (Å²) in [4.78, 5) is 0. The minimum Gasteiger partial charge on any atom is -0.310 e. The van der Waals surface area contributed by atoms with E-state index in [0.29, 0.717) is 0 Å². The van der Waals surface area contributed by atoms with Crippen molar-refractivity contribution in [3.63, 3.8) is 0 Å². The summed E-state index contributed by atoms with van der Waals surface area (Å²) in [7, 11) is 0. The van der Waals surface area contributed by atoms with Crippen LogP contribution in [0.5, 0.6) is 0 Å². The first kappa shape index (κ1) is 9.66. The average molecular weight is 193 g/mol. The Bertz CT molecular complexity index is 316. The highest BCUT2D eigenvalue weighted by Crippen LogP contribution is 2.25. The molecule has 1 fully saturated rings. The SMILES string of the molecule is Cc1ccc(F)c([C@@H]2CCCCN2)c1. The fourth-order valence-electron chi connectivity index (χ4n) is 2.05. The molecular formula is C12H16FN. The van der Waals surface area contributed by atoms with E-state index in [1.807, 2.05) is 19.1 Å². The minimum atomic E-state index is -0.0741. The number of rotatable bonds is 1. The summed E-state index contributed by atoms with van der Waals surface area (Å²) in [5.41, 5.74) is 1.97. The maximum Gasteiger partial charge on any atom is 0.127 e. The standard InChI is InChI=1S/C12H16FN/c1-9-5-6-11(13)10(8-9)12-4-2-3-7-14-12/h5-6,8,12,14H,2-4,7H2,1H3/t12-/m0/s1. The fourth-order valence-corrected chi connectivity index (χ4v) is 2.05. The quantitative estimate of drug-likeness (QED) is 0.723. The van der Waals surface area contributed by atoms with Gasteiger partial charge in [0.15, 0.2) is 0 Å². The molecule has 0 radical (unpaired) electrons. The molecule has 0 spiro atoms. The van der Waals surface area contributed by atoms with Crippen LogP contribution < -0.4 is 5.32 Å². The van der Waals surface area contributed by atoms with E-state index >= 15 is 0 Å². The number of nitrogens with one attached hydrogen (secondary N) is 1. The zero-order chi connectivity index (χ0) is 9.97. The van der Waals surface area contributed by atoms with Crippen LogP contribution in [0, 0.1) is 12.7 Å². The maximum atomic E-state index is 13.5. The minimum absolute atomic E-state index is 0.0741. The van der Waals surface area contributed by atoms with Crippen molar-refractivity contribution in [2.24, 2.45) is 0 Å². The first-order valence-corrected chi connectivity index (χ1v) is 5.27. The topological polar surface area (TPSA) is 12.0 Å². The van der Waals surface area contributed by atoms with Crippen LogP contribution in [0.3, 0.4) is 0 Å². The van der Waals surface area contributed by atoms with Gasteiger partial charge in [0.05, 0.1) is 0 Å². The van der Waals surface area contributed by atoms with Crippen LogP contribution >= 0.6 is 0 Å². The van der Waals surface area contributed by atoms with Crippen LogP contribution in [0.25, 0.3) is 0 Å². The summed E-state index contributed by atoms with van der Waals surface area (Å²) < 4.78 is 13.5. The van der Waals surface area contributed by atoms with Gasteiger partial charge in [-0.25, -0.2) is 4.39 Å². The number of aryl methyl sites for hydroxylation is 1. The molecule has 1 aliphatic heterocycles. The molecule has 1 atom stereocenters. The van der Waals surface area contributed by atoms with Crippen molar-refractivity contribution >= 4 is 0 Å². The van der Waals surface area contributed by atoms with Gasteiger partial charge < -0.3 is 5.32 Å². The zero-order valence-electron chi connectivity index (χ0n) is 8.52. The van der Waals surface area contributed by atoms with Crippen LogP contribution in [0.1, 0.15) is 36.4 Å². The Morgan fingerprint density at radius 2 is 2.21 bits per heavy atom. The second kappa shape index (κ2) is 4.09. The molecule has 0 saturated carbocycles. The Labute approximate surface area is 84.3 Å². The Balaban J connectivity index is 2.24. The van der Waals surface area contributed by atoms with E-state index in [-0.39, 0.29) is 11.9 Å². The van der Waals surface area contributed by atoms with Gasteiger partial charge in [0.2, 0.25) is 0 Å². The van der Waals surface area contributed by atoms with E-state index in [4.69, 9.17) is 0 Å². The lowest BCUT2D eigenvalue weighted by Gasteiger charge is -2.24. The highest BCUT2D eigenvalue weighted by molar-refractivity contribution is 5.27. The fraction of sp³-hybridized carbons (Fsp3) is 0.500. The lowest BCUT2D eigenvalue weighted by Crippen LogP contribution is -2.27. The van der Waals surface area contributed by atoms with Crippen molar-refractivity contribution in [3.8, 4) is 0 Å². The van der Waals surface area contributed by atoms with Crippen LogP contribution in [-0.2, 0) is 0 Å². The van der Waals surface area contributed by atoms with Gasteiger partial charge >= 0.3 is 0 Å². The van der Waals surface area contributed by atoms with Crippen molar-refractivity contribution in [3.05, 3.63) is 35.1 Å². The number of halogens is 1. The molecule has 1 saturated heterocycles. The van der Waals surface area contributed by atoms with E-state index < -0.39 is 0 Å². The Morgan fingerprint density at radius 3 is 2.93 bits per heavy atom. The van der Waals surface area contributed by atoms with Crippen molar-refractivity contribution < 1.29 is 4.39 Å². The molecule has 1 N–H and O–H groups in total. The smallest absolute Gasteiger partial charge is 0.127 e. The normalized spacial score (nSPS) is 22.3. The molecule has 0 aliphatic carbocycles. The average Bonchev–Trinajstić information content (AvgIpc) is 2.23. The number of piperidine rings is 1. The van der Waals surface area contributed by atoms with Gasteiger partial charge in [-0.2, -0.15) is 0 Å². The summed E-state index contributed by atoms with van der Waals surface area (Å²) in [6.45, 7) is 3.02. The first-order valence-electron chi connectivity index (χ1n) is 5.27. The number of benzene rings is 1. The van der Waals surface area contributed by atoms with Crippen LogP contribution in [0.4, 0.5) is 4.39 Å². The first-order chi connectivity index (χ1) is 6.77. The molecule has 1 aromatic rings. The summed E-state index contributed by atoms with van der Waals surface area (Å²) in [6, 6.07) is 5.57. The lowest BCUT2D eigenvalue weighted by atomic mass is 9.96. The van der Waals surface area contributed by atoms with Crippen molar-refractivity contribution in [2.75, 3.05) is 6.54 Å². The third-order valence-corrected chi connectivity index (χ3v) is 2.84. The molecular weight excluding hydrogens is 177 g/mol. The summed E-state index contributed by atoms with van der Waals surface area (Å²) in [6.07, 6.45) is 3.47. The molecule has 1 heterocycles. The van der Waals surface area contributed by atoms with E-state index in [1.165, 1.54) is 12.8 Å². The molecule has 1 aromatic carbocycles. The van der Waals surface area contributed by atoms with Crippen LogP contribution in [-0.4, -0.2) is 6.54 Å². The van der Waals surface area contributed by atoms with E-state index in [0.717, 1.165) is 24.1 Å². The van der Waals surface area contributed by atoms with Crippen molar-refractivity contribution in [1.82, 2.24) is 5.32 Å². The van der Waals surface area contributed by atoms with E-state index in [2.05, 4.69) is 5.32 Å². The summed E-state index contributed by atoms with van der Waals surface area (Å²) in [5, 5.41) is 3.36. The van der Waals surface area contributed by atoms with Gasteiger partial charge in [-0.1, -0.05) is 24.1 Å². The molecule has 2 heteroatoms. The third kappa shape index (κ3) is 1.95. The molecule has 0 aromatic heterocycles. The third-order valence-electron chi connectivity index (χ3n) is 2.84. The highest BCUT2D eigenvalue weighted by atomic mass is 19.1. The predicted octanol–water partition coefficient (Wildman–Crippen LogP) is 2.95. The molecule has 2 rings (SSSR count). The molecule has 1 aliphatic rings. The number of hydrogen-bond acceptors (Lipinski definition) is 1. The van der Waals surface area contributed by atoms with Crippen molar-refractivity contribution in [2.45, 2.75) is 32.2 Å². The van der Waals surface area contributed by atoms with Gasteiger partial charge in [0, 0.05) is 11.6 Å². The molecule has 0 bridgehead atoms. The molecule has 14 heavy (non-hydrogen) atoms. The highest BCUT2D eigenvalue weighted by Gasteiger charge is 2.17. The lowest BCUT2D eigenvalue weighted by molar-refractivity contribution is 0.400. The van der Waals surface area contributed by atoms with Gasteiger partial charge in [0.25, 0.3) is 0 Å². The van der Waals surface area contributed by atoms with E-state index in [1.54, 1.807) is 6.07 Å². The molecule has 1 nitrogen and oxygen atoms in total. The monoisotopic (exact) mass is 193 g/mol. The van der Waals surface area contributed by atoms with Gasteiger partial charge in [-0.05, 0) is 32.4 Å². The summed E-state index contributed by atoms with van der Waals surface area (Å²) in [5.74, 6) is -0.0741. The van der Waals surface area contributed by atoms with E-state index in [9.17, 15) is 4.39 Å².